The Hall–Kier alpha value is -2.49. The number of hydrogen-bond donors (Lipinski definition) is 2. The summed E-state index contributed by atoms with van der Waals surface area (Å²) >= 11 is 2.82. The predicted molar refractivity (Wildman–Crippen MR) is 125 cm³/mol. The Morgan fingerprint density at radius 2 is 2.03 bits per heavy atom. The number of rotatable bonds is 6. The normalized spacial score (nSPS) is 18.0. The lowest BCUT2D eigenvalue weighted by atomic mass is 9.90. The van der Waals surface area contributed by atoms with Gasteiger partial charge in [0.15, 0.2) is 10.9 Å². The maximum atomic E-state index is 12.3. The average Bonchev–Trinajstić information content (AvgIpc) is 3.10. The number of carbonyl (C=O) groups excluding carboxylic acids is 2. The highest BCUT2D eigenvalue weighted by molar-refractivity contribution is 7.99. The molecule has 7 nitrogen and oxygen atoms in total. The van der Waals surface area contributed by atoms with Crippen LogP contribution in [0, 0.1) is 0 Å². The first-order chi connectivity index (χ1) is 14.8. The molecule has 0 spiro atoms. The van der Waals surface area contributed by atoms with Crippen molar-refractivity contribution in [1.82, 2.24) is 9.97 Å². The maximum Gasteiger partial charge on any atom is 0.234 e. The molecule has 0 unspecified atom stereocenters. The molecule has 1 amide bonds. The Labute approximate surface area is 188 Å². The molecule has 162 valence electrons. The lowest BCUT2D eigenvalue weighted by Crippen LogP contribution is -2.33. The number of benzene rings is 1. The zero-order valence-corrected chi connectivity index (χ0v) is 19.3. The number of ketones is 1. The Morgan fingerprint density at radius 3 is 2.71 bits per heavy atom. The zero-order chi connectivity index (χ0) is 22.2. The maximum absolute atomic E-state index is 12.3. The van der Waals surface area contributed by atoms with E-state index in [1.165, 1.54) is 24.2 Å². The van der Waals surface area contributed by atoms with Crippen molar-refractivity contribution < 1.29 is 14.3 Å². The van der Waals surface area contributed by atoms with Crippen LogP contribution in [0.5, 0.6) is 0 Å². The summed E-state index contributed by atoms with van der Waals surface area (Å²) in [4.78, 5) is 34.7. The lowest BCUT2D eigenvalue weighted by Gasteiger charge is -2.33. The van der Waals surface area contributed by atoms with Gasteiger partial charge in [-0.3, -0.25) is 9.59 Å². The van der Waals surface area contributed by atoms with Gasteiger partial charge in [-0.05, 0) is 50.1 Å². The molecule has 4 rings (SSSR count). The summed E-state index contributed by atoms with van der Waals surface area (Å²) in [7, 11) is 0. The Bertz CT molecular complexity index is 1160. The molecule has 0 radical (unpaired) electrons. The van der Waals surface area contributed by atoms with Gasteiger partial charge in [-0.25, -0.2) is 9.97 Å². The van der Waals surface area contributed by atoms with E-state index in [1.54, 1.807) is 35.6 Å². The molecule has 0 bridgehead atoms. The summed E-state index contributed by atoms with van der Waals surface area (Å²) in [6.07, 6.45) is 1.72. The Kier molecular flexibility index (Phi) is 6.00. The van der Waals surface area contributed by atoms with Crippen LogP contribution in [0.4, 0.5) is 11.5 Å². The van der Waals surface area contributed by atoms with Gasteiger partial charge in [0.2, 0.25) is 5.91 Å². The smallest absolute Gasteiger partial charge is 0.234 e. The van der Waals surface area contributed by atoms with Gasteiger partial charge in [0, 0.05) is 22.5 Å². The molecule has 1 aliphatic rings. The molecule has 0 saturated carbocycles. The van der Waals surface area contributed by atoms with Crippen molar-refractivity contribution in [3.8, 4) is 0 Å². The second-order valence-electron chi connectivity index (χ2n) is 7.81. The van der Waals surface area contributed by atoms with E-state index in [2.05, 4.69) is 29.1 Å². The molecule has 1 atom stereocenters. The van der Waals surface area contributed by atoms with Gasteiger partial charge in [0.25, 0.3) is 0 Å². The number of carbonyl (C=O) groups is 2. The number of hydrogen-bond acceptors (Lipinski definition) is 8. The molecular formula is C22H24N4O3S2. The number of nitrogens with two attached hydrogens (primary N) is 1. The SMILES string of the molecule is CC[C@@]1(C)Cc2c(sc3nc(SCC(=O)Nc4ccc(C(C)=O)cc4)nc(N)c23)CO1. The van der Waals surface area contributed by atoms with Crippen molar-refractivity contribution >= 4 is 56.5 Å². The molecule has 3 N–H and O–H groups in total. The minimum Gasteiger partial charge on any atom is -0.383 e. The van der Waals surface area contributed by atoms with Gasteiger partial charge in [0.05, 0.1) is 23.3 Å². The van der Waals surface area contributed by atoms with Crippen molar-refractivity contribution in [3.63, 3.8) is 0 Å². The summed E-state index contributed by atoms with van der Waals surface area (Å²) in [6, 6.07) is 6.80. The van der Waals surface area contributed by atoms with Crippen LogP contribution < -0.4 is 11.1 Å². The third-order valence-corrected chi connectivity index (χ3v) is 7.45. The molecule has 1 aliphatic heterocycles. The summed E-state index contributed by atoms with van der Waals surface area (Å²) in [5, 5.41) is 4.21. The van der Waals surface area contributed by atoms with E-state index >= 15 is 0 Å². The molecule has 3 heterocycles. The number of fused-ring (bicyclic) bond motifs is 3. The first kappa shape index (κ1) is 21.7. The summed E-state index contributed by atoms with van der Waals surface area (Å²) in [6.45, 7) is 6.31. The Balaban J connectivity index is 1.46. The summed E-state index contributed by atoms with van der Waals surface area (Å²) in [5.74, 6) is 0.410. The van der Waals surface area contributed by atoms with Gasteiger partial charge >= 0.3 is 0 Å². The number of nitrogens with zero attached hydrogens (tertiary/aromatic N) is 2. The van der Waals surface area contributed by atoms with Crippen LogP contribution in [0.15, 0.2) is 29.4 Å². The fourth-order valence-electron chi connectivity index (χ4n) is 3.49. The third-order valence-electron chi connectivity index (χ3n) is 5.50. The number of aromatic nitrogens is 2. The summed E-state index contributed by atoms with van der Waals surface area (Å²) < 4.78 is 6.04. The lowest BCUT2D eigenvalue weighted by molar-refractivity contribution is -0.113. The van der Waals surface area contributed by atoms with Crippen LogP contribution in [0.3, 0.4) is 0 Å². The number of anilines is 2. The Morgan fingerprint density at radius 1 is 1.29 bits per heavy atom. The van der Waals surface area contributed by atoms with E-state index < -0.39 is 0 Å². The molecular weight excluding hydrogens is 432 g/mol. The van der Waals surface area contributed by atoms with Gasteiger partial charge in [-0.15, -0.1) is 11.3 Å². The highest BCUT2D eigenvalue weighted by Gasteiger charge is 2.33. The van der Waals surface area contributed by atoms with Gasteiger partial charge < -0.3 is 15.8 Å². The molecule has 31 heavy (non-hydrogen) atoms. The van der Waals surface area contributed by atoms with Crippen LogP contribution in [0.25, 0.3) is 10.2 Å². The van der Waals surface area contributed by atoms with E-state index in [9.17, 15) is 9.59 Å². The molecule has 9 heteroatoms. The monoisotopic (exact) mass is 456 g/mol. The van der Waals surface area contributed by atoms with E-state index in [-0.39, 0.29) is 23.0 Å². The van der Waals surface area contributed by atoms with Crippen LogP contribution in [0.2, 0.25) is 0 Å². The number of ether oxygens (including phenoxy) is 1. The highest BCUT2D eigenvalue weighted by Crippen LogP contribution is 2.41. The van der Waals surface area contributed by atoms with Crippen LogP contribution in [-0.4, -0.2) is 33.0 Å². The van der Waals surface area contributed by atoms with E-state index in [1.807, 2.05) is 0 Å². The van der Waals surface area contributed by atoms with Gasteiger partial charge in [0.1, 0.15) is 10.6 Å². The van der Waals surface area contributed by atoms with Crippen molar-refractivity contribution in [3.05, 3.63) is 40.3 Å². The third kappa shape index (κ3) is 4.58. The molecule has 0 aliphatic carbocycles. The second kappa shape index (κ2) is 8.57. The van der Waals surface area contributed by atoms with Crippen LogP contribution in [0.1, 0.15) is 48.0 Å². The van der Waals surface area contributed by atoms with Gasteiger partial charge in [-0.1, -0.05) is 18.7 Å². The largest absolute Gasteiger partial charge is 0.383 e. The number of nitrogens with one attached hydrogen (secondary N) is 1. The number of thiophene rings is 1. The minimum atomic E-state index is -0.193. The fraction of sp³-hybridized carbons (Fsp3) is 0.364. The van der Waals surface area contributed by atoms with E-state index in [0.717, 1.165) is 27.9 Å². The molecule has 2 aromatic heterocycles. The van der Waals surface area contributed by atoms with Gasteiger partial charge in [-0.2, -0.15) is 0 Å². The van der Waals surface area contributed by atoms with E-state index in [0.29, 0.717) is 28.8 Å². The molecule has 0 saturated heterocycles. The molecule has 1 aromatic carbocycles. The first-order valence-electron chi connectivity index (χ1n) is 10.0. The number of Topliss-reactive ketones (excluding diaryl/α,β-unsaturated/α-hetero) is 1. The van der Waals surface area contributed by atoms with Crippen LogP contribution >= 0.6 is 23.1 Å². The standard InChI is InChI=1S/C22H24N4O3S2/c1-4-22(3)9-15-16(10-29-22)31-20-18(15)19(23)25-21(26-20)30-11-17(28)24-14-7-5-13(6-8-14)12(2)27/h5-8H,4,9-11H2,1-3H3,(H,24,28)(H2,23,25,26)/t22-/m0/s1. The topological polar surface area (TPSA) is 107 Å². The number of thioether (sulfide) groups is 1. The predicted octanol–water partition coefficient (Wildman–Crippen LogP) is 4.45. The zero-order valence-electron chi connectivity index (χ0n) is 17.7. The van der Waals surface area contributed by atoms with E-state index in [4.69, 9.17) is 10.5 Å². The highest BCUT2D eigenvalue weighted by atomic mass is 32.2. The number of nitrogen functional groups attached to an aromatic ring is 1. The second-order valence-corrected chi connectivity index (χ2v) is 9.84. The average molecular weight is 457 g/mol. The minimum absolute atomic E-state index is 0.0142. The van der Waals surface area contributed by atoms with Crippen molar-refractivity contribution in [2.75, 3.05) is 16.8 Å². The number of amides is 1. The van der Waals surface area contributed by atoms with Crippen molar-refractivity contribution in [2.24, 2.45) is 0 Å². The van der Waals surface area contributed by atoms with Crippen LogP contribution in [-0.2, 0) is 22.6 Å². The van der Waals surface area contributed by atoms with Crippen molar-refractivity contribution in [1.29, 1.82) is 0 Å². The fourth-order valence-corrected chi connectivity index (χ4v) is 5.31. The molecule has 0 fully saturated rings. The quantitative estimate of drug-likeness (QED) is 0.321. The van der Waals surface area contributed by atoms with Crippen molar-refractivity contribution in [2.45, 2.75) is 51.0 Å². The first-order valence-corrected chi connectivity index (χ1v) is 11.8. The summed E-state index contributed by atoms with van der Waals surface area (Å²) in [5.41, 5.74) is 8.54. The molecule has 3 aromatic rings.